The number of aliphatic hydroxyl groups is 1. The second kappa shape index (κ2) is 8.21. The van der Waals surface area contributed by atoms with Gasteiger partial charge in [-0.2, -0.15) is 0 Å². The van der Waals surface area contributed by atoms with Gasteiger partial charge in [0.15, 0.2) is 28.6 Å². The molecule has 0 spiro atoms. The van der Waals surface area contributed by atoms with Crippen LogP contribution in [0.15, 0.2) is 23.8 Å². The van der Waals surface area contributed by atoms with Crippen LogP contribution in [0.3, 0.4) is 0 Å². The monoisotopic (exact) mass is 588 g/mol. The van der Waals surface area contributed by atoms with Crippen LogP contribution < -0.4 is 0 Å². The predicted molar refractivity (Wildman–Crippen MR) is 128 cm³/mol. The zero-order valence-electron chi connectivity index (χ0n) is 19.7. The van der Waals surface area contributed by atoms with Gasteiger partial charge in [0.1, 0.15) is 0 Å². The summed E-state index contributed by atoms with van der Waals surface area (Å²) in [4.78, 5) is 51.1. The molecular formula is C25H30FIO7. The van der Waals surface area contributed by atoms with Crippen molar-refractivity contribution in [1.29, 1.82) is 0 Å². The van der Waals surface area contributed by atoms with Crippen molar-refractivity contribution >= 4 is 46.1 Å². The molecule has 4 aliphatic rings. The molecule has 0 heterocycles. The van der Waals surface area contributed by atoms with Crippen molar-refractivity contribution < 1.29 is 38.1 Å². The second-order valence-electron chi connectivity index (χ2n) is 10.5. The summed E-state index contributed by atoms with van der Waals surface area (Å²) in [7, 11) is 0. The van der Waals surface area contributed by atoms with E-state index < -0.39 is 52.1 Å². The van der Waals surface area contributed by atoms with E-state index in [9.17, 15) is 24.3 Å². The fraction of sp³-hybridized carbons (Fsp3) is 0.680. The molecule has 9 heteroatoms. The standard InChI is InChI=1S/C25H30FIO7/c1-5-33-21(32)34-25(20(31)12-27)13(2)8-15-16-10-18(29)17-9-14(28)6-7-22(17,3)24(16,26)19(30)11-23(15,25)4/h6-7,9,13,15-16,19,30H,5,8,10-12H2,1-4H3/t13-,15-,16-,19-,22-,23-,24-,25-/m0/s1. The minimum Gasteiger partial charge on any atom is -0.435 e. The highest BCUT2D eigenvalue weighted by molar-refractivity contribution is 14.1. The molecule has 0 aliphatic heterocycles. The van der Waals surface area contributed by atoms with Gasteiger partial charge in [-0.3, -0.25) is 14.4 Å². The number of fused-ring (bicyclic) bond motifs is 5. The predicted octanol–water partition coefficient (Wildman–Crippen LogP) is 3.70. The van der Waals surface area contributed by atoms with Gasteiger partial charge in [0.2, 0.25) is 0 Å². The Hall–Kier alpha value is -1.62. The first-order valence-corrected chi connectivity index (χ1v) is 13.2. The van der Waals surface area contributed by atoms with E-state index in [0.717, 1.165) is 0 Å². The fourth-order valence-electron chi connectivity index (χ4n) is 7.61. The quantitative estimate of drug-likeness (QED) is 0.303. The minimum absolute atomic E-state index is 0.0553. The minimum atomic E-state index is -2.23. The van der Waals surface area contributed by atoms with Gasteiger partial charge in [0.25, 0.3) is 0 Å². The van der Waals surface area contributed by atoms with E-state index in [-0.39, 0.29) is 46.8 Å². The smallest absolute Gasteiger partial charge is 0.435 e. The summed E-state index contributed by atoms with van der Waals surface area (Å²) in [6.45, 7) is 6.78. The molecule has 7 nitrogen and oxygen atoms in total. The van der Waals surface area contributed by atoms with Crippen molar-refractivity contribution in [3.05, 3.63) is 23.8 Å². The van der Waals surface area contributed by atoms with Crippen molar-refractivity contribution in [3.8, 4) is 0 Å². The van der Waals surface area contributed by atoms with Crippen LogP contribution in [0.2, 0.25) is 0 Å². The average molecular weight is 588 g/mol. The number of halogens is 2. The average Bonchev–Trinajstić information content (AvgIpc) is 2.99. The Morgan fingerprint density at radius 1 is 1.26 bits per heavy atom. The molecule has 0 saturated heterocycles. The van der Waals surface area contributed by atoms with Crippen molar-refractivity contribution in [2.24, 2.45) is 28.6 Å². The molecule has 3 fully saturated rings. The van der Waals surface area contributed by atoms with Gasteiger partial charge in [0, 0.05) is 29.2 Å². The zero-order chi connectivity index (χ0) is 25.3. The summed E-state index contributed by atoms with van der Waals surface area (Å²) in [6, 6.07) is 0. The highest BCUT2D eigenvalue weighted by atomic mass is 127. The van der Waals surface area contributed by atoms with E-state index in [2.05, 4.69) is 0 Å². The van der Waals surface area contributed by atoms with Gasteiger partial charge in [-0.1, -0.05) is 42.5 Å². The van der Waals surface area contributed by atoms with Crippen LogP contribution in [0.1, 0.15) is 47.0 Å². The maximum absolute atomic E-state index is 17.3. The van der Waals surface area contributed by atoms with E-state index in [1.54, 1.807) is 27.7 Å². The molecule has 34 heavy (non-hydrogen) atoms. The summed E-state index contributed by atoms with van der Waals surface area (Å²) < 4.78 is 28.1. The lowest BCUT2D eigenvalue weighted by Crippen LogP contribution is -2.71. The van der Waals surface area contributed by atoms with Crippen LogP contribution >= 0.6 is 22.6 Å². The van der Waals surface area contributed by atoms with E-state index in [1.807, 2.05) is 22.6 Å². The van der Waals surface area contributed by atoms with Crippen LogP contribution in [0.25, 0.3) is 0 Å². The number of carbonyl (C=O) groups is 4. The molecule has 0 unspecified atom stereocenters. The van der Waals surface area contributed by atoms with Crippen LogP contribution in [-0.4, -0.2) is 57.0 Å². The first-order chi connectivity index (χ1) is 15.8. The first kappa shape index (κ1) is 25.5. The molecule has 8 atom stereocenters. The number of hydrogen-bond acceptors (Lipinski definition) is 7. The van der Waals surface area contributed by atoms with E-state index in [4.69, 9.17) is 9.47 Å². The molecule has 4 rings (SSSR count). The number of carbonyl (C=O) groups excluding carboxylic acids is 4. The third-order valence-corrected chi connectivity index (χ3v) is 9.76. The topological polar surface area (TPSA) is 107 Å². The Bertz CT molecular complexity index is 1020. The number of ether oxygens (including phenoxy) is 2. The molecule has 186 valence electrons. The van der Waals surface area contributed by atoms with Gasteiger partial charge >= 0.3 is 6.16 Å². The molecule has 0 aromatic rings. The largest absolute Gasteiger partial charge is 0.509 e. The van der Waals surface area contributed by atoms with Gasteiger partial charge in [-0.15, -0.1) is 0 Å². The number of aliphatic hydroxyl groups excluding tert-OH is 1. The lowest BCUT2D eigenvalue weighted by Gasteiger charge is -2.62. The van der Waals surface area contributed by atoms with Crippen molar-refractivity contribution in [2.45, 2.75) is 64.3 Å². The number of allylic oxidation sites excluding steroid dienone is 4. The van der Waals surface area contributed by atoms with E-state index in [0.29, 0.717) is 6.42 Å². The molecule has 3 saturated carbocycles. The molecule has 1 N–H and O–H groups in total. The number of Topliss-reactive ketones (excluding diaryl/α,β-unsaturated/α-hetero) is 2. The molecule has 0 amide bonds. The molecule has 0 aromatic carbocycles. The Morgan fingerprint density at radius 3 is 2.56 bits per heavy atom. The summed E-state index contributed by atoms with van der Waals surface area (Å²) >= 11 is 1.92. The second-order valence-corrected chi connectivity index (χ2v) is 11.2. The highest BCUT2D eigenvalue weighted by Crippen LogP contribution is 2.71. The first-order valence-electron chi connectivity index (χ1n) is 11.6. The Kier molecular flexibility index (Phi) is 6.15. The van der Waals surface area contributed by atoms with Crippen molar-refractivity contribution in [3.63, 3.8) is 0 Å². The Labute approximate surface area is 211 Å². The summed E-state index contributed by atoms with van der Waals surface area (Å²) in [6.07, 6.45) is 1.27. The summed E-state index contributed by atoms with van der Waals surface area (Å²) in [5.74, 6) is -2.98. The van der Waals surface area contributed by atoms with Gasteiger partial charge in [-0.05, 0) is 44.8 Å². The van der Waals surface area contributed by atoms with Gasteiger partial charge in [0.05, 0.1) is 22.6 Å². The number of hydrogen-bond donors (Lipinski definition) is 1. The third-order valence-electron chi connectivity index (χ3n) is 9.07. The Morgan fingerprint density at radius 2 is 1.94 bits per heavy atom. The van der Waals surface area contributed by atoms with Crippen LogP contribution in [0.5, 0.6) is 0 Å². The van der Waals surface area contributed by atoms with Crippen molar-refractivity contribution in [2.75, 3.05) is 11.0 Å². The lowest BCUT2D eigenvalue weighted by molar-refractivity contribution is -0.219. The lowest BCUT2D eigenvalue weighted by atomic mass is 9.44. The van der Waals surface area contributed by atoms with Crippen molar-refractivity contribution in [1.82, 2.24) is 0 Å². The zero-order valence-corrected chi connectivity index (χ0v) is 21.9. The van der Waals surface area contributed by atoms with E-state index >= 15 is 4.39 Å². The SMILES string of the molecule is CCOC(=O)O[C@]1(C(=O)CI)[C@@H](C)C[C@H]2[C@@H]3CC(=O)C4=CC(=O)C=C[C@]4(C)[C@@]3(F)[C@@H](O)C[C@@]21C. The van der Waals surface area contributed by atoms with Crippen LogP contribution in [0.4, 0.5) is 9.18 Å². The highest BCUT2D eigenvalue weighted by Gasteiger charge is 2.78. The van der Waals surface area contributed by atoms with Gasteiger partial charge in [-0.25, -0.2) is 9.18 Å². The van der Waals surface area contributed by atoms with Crippen LogP contribution in [0, 0.1) is 28.6 Å². The number of ketones is 3. The number of rotatable bonds is 4. The maximum atomic E-state index is 17.3. The fourth-order valence-corrected chi connectivity index (χ4v) is 8.17. The summed E-state index contributed by atoms with van der Waals surface area (Å²) in [5, 5.41) is 11.4. The summed E-state index contributed by atoms with van der Waals surface area (Å²) in [5.41, 5.74) is -6.38. The third kappa shape index (κ3) is 3.01. The molecule has 0 bridgehead atoms. The van der Waals surface area contributed by atoms with Crippen LogP contribution in [-0.2, 0) is 23.9 Å². The normalized spacial score (nSPS) is 45.1. The Balaban J connectivity index is 1.87. The van der Waals surface area contributed by atoms with Gasteiger partial charge < -0.3 is 14.6 Å². The molecule has 0 radical (unpaired) electrons. The molecular weight excluding hydrogens is 558 g/mol. The maximum Gasteiger partial charge on any atom is 0.509 e. The molecule has 0 aromatic heterocycles. The van der Waals surface area contributed by atoms with E-state index in [1.165, 1.54) is 18.2 Å². The number of alkyl halides is 2. The molecule has 4 aliphatic carbocycles.